The van der Waals surface area contributed by atoms with Gasteiger partial charge in [0.05, 0.1) is 17.0 Å². The van der Waals surface area contributed by atoms with Crippen LogP contribution < -0.4 is 5.69 Å². The Balaban J connectivity index is 1.62. The number of aliphatic carboxylic acids is 1. The Morgan fingerprint density at radius 3 is 2.62 bits per heavy atom. The molecule has 0 radical (unpaired) electrons. The van der Waals surface area contributed by atoms with Crippen LogP contribution in [-0.4, -0.2) is 44.5 Å². The molecule has 7 nitrogen and oxygen atoms in total. The summed E-state index contributed by atoms with van der Waals surface area (Å²) in [5.74, 6) is -1.53. The van der Waals surface area contributed by atoms with Crippen LogP contribution in [0.1, 0.15) is 54.9 Å². The molecule has 1 aliphatic carbocycles. The highest BCUT2D eigenvalue weighted by atomic mass is 16.4. The number of H-pyrrole nitrogens is 1. The van der Waals surface area contributed by atoms with E-state index in [0.717, 1.165) is 31.2 Å². The third-order valence-electron chi connectivity index (χ3n) is 5.71. The molecule has 2 N–H and O–H groups in total. The van der Waals surface area contributed by atoms with Crippen LogP contribution in [0.5, 0.6) is 0 Å². The summed E-state index contributed by atoms with van der Waals surface area (Å²) in [7, 11) is 0. The van der Waals surface area contributed by atoms with Crippen LogP contribution >= 0.6 is 0 Å². The second-order valence-electron chi connectivity index (χ2n) is 7.40. The van der Waals surface area contributed by atoms with Gasteiger partial charge in [0.2, 0.25) is 0 Å². The van der Waals surface area contributed by atoms with Crippen molar-refractivity contribution < 1.29 is 14.7 Å². The number of amides is 1. The number of carbonyl (C=O) groups is 2. The first-order valence-electron chi connectivity index (χ1n) is 9.31. The molecule has 2 aliphatic rings. The van der Waals surface area contributed by atoms with Gasteiger partial charge in [-0.1, -0.05) is 12.8 Å². The van der Waals surface area contributed by atoms with Crippen LogP contribution in [0.4, 0.5) is 0 Å². The number of benzene rings is 1. The van der Waals surface area contributed by atoms with E-state index in [-0.39, 0.29) is 24.2 Å². The van der Waals surface area contributed by atoms with E-state index >= 15 is 0 Å². The maximum Gasteiger partial charge on any atom is 0.326 e. The Labute approximate surface area is 150 Å². The van der Waals surface area contributed by atoms with Gasteiger partial charge >= 0.3 is 11.7 Å². The molecule has 1 amide bonds. The van der Waals surface area contributed by atoms with Crippen LogP contribution in [0.25, 0.3) is 11.0 Å². The largest absolute Gasteiger partial charge is 0.481 e. The van der Waals surface area contributed by atoms with Crippen molar-refractivity contribution in [2.75, 3.05) is 13.1 Å². The number of hydrogen-bond donors (Lipinski definition) is 2. The van der Waals surface area contributed by atoms with Gasteiger partial charge in [-0.2, -0.15) is 0 Å². The molecule has 1 saturated carbocycles. The summed E-state index contributed by atoms with van der Waals surface area (Å²) < 4.78 is 1.82. The Morgan fingerprint density at radius 2 is 1.88 bits per heavy atom. The first-order valence-corrected chi connectivity index (χ1v) is 9.31. The van der Waals surface area contributed by atoms with Gasteiger partial charge in [-0.15, -0.1) is 0 Å². The summed E-state index contributed by atoms with van der Waals surface area (Å²) in [6.07, 6.45) is 5.60. The van der Waals surface area contributed by atoms with Crippen LogP contribution in [0, 0.1) is 5.92 Å². The Bertz CT molecular complexity index is 907. The van der Waals surface area contributed by atoms with E-state index in [1.165, 1.54) is 0 Å². The van der Waals surface area contributed by atoms with Crippen molar-refractivity contribution >= 4 is 22.9 Å². The third kappa shape index (κ3) is 2.91. The van der Waals surface area contributed by atoms with E-state index in [0.29, 0.717) is 30.5 Å². The molecule has 4 rings (SSSR count). The maximum absolute atomic E-state index is 12.8. The van der Waals surface area contributed by atoms with Crippen LogP contribution in [0.3, 0.4) is 0 Å². The smallest absolute Gasteiger partial charge is 0.326 e. The summed E-state index contributed by atoms with van der Waals surface area (Å²) in [5.41, 5.74) is 1.86. The van der Waals surface area contributed by atoms with E-state index in [9.17, 15) is 19.5 Å². The lowest BCUT2D eigenvalue weighted by molar-refractivity contribution is -0.143. The molecule has 0 bridgehead atoms. The van der Waals surface area contributed by atoms with Crippen molar-refractivity contribution in [3.63, 3.8) is 0 Å². The molecule has 0 unspecified atom stereocenters. The molecule has 2 heterocycles. The number of imidazole rings is 1. The summed E-state index contributed by atoms with van der Waals surface area (Å²) in [6.45, 7) is 0.812. The van der Waals surface area contributed by atoms with E-state index in [4.69, 9.17) is 0 Å². The first-order chi connectivity index (χ1) is 12.5. The fourth-order valence-corrected chi connectivity index (χ4v) is 4.33. The standard InChI is InChI=1S/C19H23N3O4/c23-17(21-9-3-4-13(11-21)18(24)25)12-7-8-16-15(10-12)20-19(26)22(16)14-5-1-2-6-14/h7-8,10,13-14H,1-6,9,11H2,(H,20,26)(H,24,25)/t13-/m1/s1. The number of fused-ring (bicyclic) bond motifs is 1. The Morgan fingerprint density at radius 1 is 1.12 bits per heavy atom. The predicted molar refractivity (Wildman–Crippen MR) is 96.3 cm³/mol. The van der Waals surface area contributed by atoms with Crippen LogP contribution in [-0.2, 0) is 4.79 Å². The quantitative estimate of drug-likeness (QED) is 0.882. The maximum atomic E-state index is 12.8. The van der Waals surface area contributed by atoms with Crippen molar-refractivity contribution in [1.29, 1.82) is 0 Å². The molecule has 2 fully saturated rings. The minimum absolute atomic E-state index is 0.125. The lowest BCUT2D eigenvalue weighted by Crippen LogP contribution is -2.42. The molecule has 1 aromatic carbocycles. The zero-order chi connectivity index (χ0) is 18.3. The van der Waals surface area contributed by atoms with Gasteiger partial charge in [0, 0.05) is 24.7 Å². The number of carboxylic acid groups (broad SMARTS) is 1. The fourth-order valence-electron chi connectivity index (χ4n) is 4.33. The fraction of sp³-hybridized carbons (Fsp3) is 0.526. The van der Waals surface area contributed by atoms with Gasteiger partial charge in [0.1, 0.15) is 0 Å². The molecule has 1 atom stereocenters. The van der Waals surface area contributed by atoms with Gasteiger partial charge in [0.25, 0.3) is 5.91 Å². The summed E-state index contributed by atoms with van der Waals surface area (Å²) in [5, 5.41) is 9.21. The summed E-state index contributed by atoms with van der Waals surface area (Å²) in [6, 6.07) is 5.52. The average molecular weight is 357 g/mol. The molecule has 138 valence electrons. The highest BCUT2D eigenvalue weighted by molar-refractivity contribution is 5.97. The van der Waals surface area contributed by atoms with Crippen LogP contribution in [0.15, 0.2) is 23.0 Å². The SMILES string of the molecule is O=C(O)[C@@H]1CCCN(C(=O)c2ccc3c(c2)[nH]c(=O)n3C2CCCC2)C1. The molecule has 2 aromatic rings. The topological polar surface area (TPSA) is 95.4 Å². The van der Waals surface area contributed by atoms with E-state index in [2.05, 4.69) is 4.98 Å². The molecule has 26 heavy (non-hydrogen) atoms. The number of aromatic amines is 1. The number of nitrogens with one attached hydrogen (secondary N) is 1. The molecule has 7 heteroatoms. The highest BCUT2D eigenvalue weighted by Gasteiger charge is 2.29. The zero-order valence-corrected chi connectivity index (χ0v) is 14.6. The number of carboxylic acids is 1. The Hall–Kier alpha value is -2.57. The number of rotatable bonds is 3. The number of hydrogen-bond acceptors (Lipinski definition) is 3. The van der Waals surface area contributed by atoms with E-state index in [1.807, 2.05) is 10.6 Å². The molecule has 1 aromatic heterocycles. The van der Waals surface area contributed by atoms with Crippen molar-refractivity contribution in [1.82, 2.24) is 14.5 Å². The second-order valence-corrected chi connectivity index (χ2v) is 7.40. The number of carbonyl (C=O) groups excluding carboxylic acids is 1. The van der Waals surface area contributed by atoms with Crippen molar-refractivity contribution in [2.45, 2.75) is 44.6 Å². The Kier molecular flexibility index (Phi) is 4.30. The second kappa shape index (κ2) is 6.63. The molecular formula is C19H23N3O4. The predicted octanol–water partition coefficient (Wildman–Crippen LogP) is 2.38. The normalized spacial score (nSPS) is 21.4. The van der Waals surface area contributed by atoms with Crippen molar-refractivity contribution in [3.05, 3.63) is 34.2 Å². The minimum Gasteiger partial charge on any atom is -0.481 e. The molecule has 0 spiro atoms. The molecule has 1 aliphatic heterocycles. The van der Waals surface area contributed by atoms with Gasteiger partial charge in [-0.05, 0) is 43.9 Å². The van der Waals surface area contributed by atoms with Gasteiger partial charge in [-0.25, -0.2) is 4.79 Å². The lowest BCUT2D eigenvalue weighted by atomic mass is 9.97. The molecular weight excluding hydrogens is 334 g/mol. The third-order valence-corrected chi connectivity index (χ3v) is 5.71. The first kappa shape index (κ1) is 16.9. The van der Waals surface area contributed by atoms with Crippen molar-refractivity contribution in [2.24, 2.45) is 5.92 Å². The van der Waals surface area contributed by atoms with Crippen molar-refractivity contribution in [3.8, 4) is 0 Å². The minimum atomic E-state index is -0.851. The summed E-state index contributed by atoms with van der Waals surface area (Å²) >= 11 is 0. The van der Waals surface area contributed by atoms with Gasteiger partial charge < -0.3 is 15.0 Å². The zero-order valence-electron chi connectivity index (χ0n) is 14.6. The average Bonchev–Trinajstić information content (AvgIpc) is 3.27. The van der Waals surface area contributed by atoms with Gasteiger partial charge in [0.15, 0.2) is 0 Å². The number of aromatic nitrogens is 2. The highest BCUT2D eigenvalue weighted by Crippen LogP contribution is 2.31. The monoisotopic (exact) mass is 357 g/mol. The van der Waals surface area contributed by atoms with E-state index < -0.39 is 11.9 Å². The molecule has 1 saturated heterocycles. The van der Waals surface area contributed by atoms with Gasteiger partial charge in [-0.3, -0.25) is 14.2 Å². The van der Waals surface area contributed by atoms with E-state index in [1.54, 1.807) is 17.0 Å². The lowest BCUT2D eigenvalue weighted by Gasteiger charge is -2.30. The number of piperidine rings is 1. The number of nitrogens with zero attached hydrogens (tertiary/aromatic N) is 2. The number of likely N-dealkylation sites (tertiary alicyclic amines) is 1. The summed E-state index contributed by atoms with van der Waals surface area (Å²) in [4.78, 5) is 40.9. The van der Waals surface area contributed by atoms with Crippen LogP contribution in [0.2, 0.25) is 0 Å².